The van der Waals surface area contributed by atoms with E-state index in [4.69, 9.17) is 10.6 Å². The molecular weight excluding hydrogens is 221 g/mol. The van der Waals surface area contributed by atoms with Gasteiger partial charge in [-0.15, -0.1) is 0 Å². The molecule has 0 fully saturated rings. The molecule has 0 saturated heterocycles. The van der Waals surface area contributed by atoms with E-state index in [1.807, 2.05) is 0 Å². The monoisotopic (exact) mass is 233 g/mol. The van der Waals surface area contributed by atoms with Gasteiger partial charge in [0, 0.05) is 6.20 Å². The van der Waals surface area contributed by atoms with E-state index < -0.39 is 0 Å². The van der Waals surface area contributed by atoms with Crippen molar-refractivity contribution in [2.45, 2.75) is 6.61 Å². The highest BCUT2D eigenvalue weighted by Crippen LogP contribution is 2.17. The number of hydrazine groups is 1. The summed E-state index contributed by atoms with van der Waals surface area (Å²) >= 11 is 0. The summed E-state index contributed by atoms with van der Waals surface area (Å²) in [5, 5.41) is 0. The minimum Gasteiger partial charge on any atom is -0.484 e. The Kier molecular flexibility index (Phi) is 3.52. The molecular formula is C12H12FN3O. The van der Waals surface area contributed by atoms with Crippen LogP contribution in [0.15, 0.2) is 42.6 Å². The minimum absolute atomic E-state index is 0.191. The summed E-state index contributed by atoms with van der Waals surface area (Å²) in [4.78, 5) is 4.09. The van der Waals surface area contributed by atoms with Crippen LogP contribution in [0.1, 0.15) is 5.69 Å². The van der Waals surface area contributed by atoms with E-state index in [2.05, 4.69) is 10.4 Å². The van der Waals surface area contributed by atoms with Gasteiger partial charge < -0.3 is 10.2 Å². The zero-order valence-corrected chi connectivity index (χ0v) is 9.06. The Morgan fingerprint density at radius 2 is 2.12 bits per heavy atom. The van der Waals surface area contributed by atoms with Gasteiger partial charge in [-0.25, -0.2) is 4.39 Å². The first-order valence-corrected chi connectivity index (χ1v) is 5.08. The van der Waals surface area contributed by atoms with Crippen LogP contribution in [-0.2, 0) is 6.61 Å². The molecule has 4 nitrogen and oxygen atoms in total. The summed E-state index contributed by atoms with van der Waals surface area (Å²) in [6.07, 6.45) is 1.61. The largest absolute Gasteiger partial charge is 0.484 e. The number of nitrogens with zero attached hydrogens (tertiary/aromatic N) is 1. The Morgan fingerprint density at radius 1 is 1.29 bits per heavy atom. The van der Waals surface area contributed by atoms with Gasteiger partial charge in [-0.1, -0.05) is 12.1 Å². The van der Waals surface area contributed by atoms with Crippen molar-refractivity contribution in [3.8, 4) is 5.75 Å². The first kappa shape index (κ1) is 11.3. The quantitative estimate of drug-likeness (QED) is 0.627. The normalized spacial score (nSPS) is 10.0. The number of ether oxygens (including phenoxy) is 1. The van der Waals surface area contributed by atoms with Crippen LogP contribution in [0.3, 0.4) is 0 Å². The fourth-order valence-electron chi connectivity index (χ4n) is 1.36. The molecule has 0 aliphatic carbocycles. The lowest BCUT2D eigenvalue weighted by Crippen LogP contribution is -2.08. The van der Waals surface area contributed by atoms with Crippen molar-refractivity contribution in [1.29, 1.82) is 0 Å². The Bertz CT molecular complexity index is 505. The first-order chi connectivity index (χ1) is 8.29. The molecule has 0 atom stereocenters. The van der Waals surface area contributed by atoms with Gasteiger partial charge in [-0.05, 0) is 24.3 Å². The van der Waals surface area contributed by atoms with E-state index in [0.717, 1.165) is 5.69 Å². The lowest BCUT2D eigenvalue weighted by molar-refractivity contribution is 0.286. The third-order valence-electron chi connectivity index (χ3n) is 2.20. The van der Waals surface area contributed by atoms with Crippen LogP contribution in [0.25, 0.3) is 0 Å². The lowest BCUT2D eigenvalue weighted by Gasteiger charge is -2.07. The van der Waals surface area contributed by atoms with Crippen LogP contribution in [0.4, 0.5) is 10.1 Å². The molecule has 3 N–H and O–H groups in total. The van der Waals surface area contributed by atoms with Crippen LogP contribution in [-0.4, -0.2) is 4.98 Å². The summed E-state index contributed by atoms with van der Waals surface area (Å²) in [6, 6.07) is 9.71. The Hall–Kier alpha value is -2.14. The summed E-state index contributed by atoms with van der Waals surface area (Å²) < 4.78 is 18.6. The van der Waals surface area contributed by atoms with E-state index in [1.165, 1.54) is 6.07 Å². The number of para-hydroxylation sites is 1. The molecule has 0 unspecified atom stereocenters. The average molecular weight is 233 g/mol. The number of rotatable bonds is 4. The van der Waals surface area contributed by atoms with Crippen molar-refractivity contribution in [2.75, 3.05) is 5.43 Å². The van der Waals surface area contributed by atoms with Gasteiger partial charge in [0.15, 0.2) is 11.6 Å². The summed E-state index contributed by atoms with van der Waals surface area (Å²) in [6.45, 7) is 0.191. The molecule has 2 rings (SSSR count). The van der Waals surface area contributed by atoms with Crippen LogP contribution in [0.5, 0.6) is 5.75 Å². The summed E-state index contributed by atoms with van der Waals surface area (Å²) in [7, 11) is 0. The van der Waals surface area contributed by atoms with E-state index in [-0.39, 0.29) is 18.2 Å². The SMILES string of the molecule is NNc1ccnc(COc2ccccc2F)c1. The Labute approximate surface area is 98.2 Å². The third-order valence-corrected chi connectivity index (χ3v) is 2.20. The first-order valence-electron chi connectivity index (χ1n) is 5.08. The van der Waals surface area contributed by atoms with Crippen molar-refractivity contribution in [1.82, 2.24) is 4.98 Å². The van der Waals surface area contributed by atoms with Gasteiger partial charge in [0.1, 0.15) is 6.61 Å². The van der Waals surface area contributed by atoms with E-state index in [0.29, 0.717) is 5.69 Å². The molecule has 0 spiro atoms. The number of nitrogens with one attached hydrogen (secondary N) is 1. The second-order valence-corrected chi connectivity index (χ2v) is 3.40. The van der Waals surface area contributed by atoms with Crippen LogP contribution >= 0.6 is 0 Å². The van der Waals surface area contributed by atoms with E-state index in [1.54, 1.807) is 36.5 Å². The van der Waals surface area contributed by atoms with E-state index in [9.17, 15) is 4.39 Å². The maximum absolute atomic E-state index is 13.3. The predicted octanol–water partition coefficient (Wildman–Crippen LogP) is 2.09. The number of hydrogen-bond acceptors (Lipinski definition) is 4. The fraction of sp³-hybridized carbons (Fsp3) is 0.0833. The molecule has 17 heavy (non-hydrogen) atoms. The number of anilines is 1. The number of nitrogen functional groups attached to an aromatic ring is 1. The number of nitrogens with two attached hydrogens (primary N) is 1. The van der Waals surface area contributed by atoms with Gasteiger partial charge in [-0.3, -0.25) is 10.8 Å². The zero-order chi connectivity index (χ0) is 12.1. The van der Waals surface area contributed by atoms with Crippen molar-refractivity contribution >= 4 is 5.69 Å². The highest BCUT2D eigenvalue weighted by molar-refractivity contribution is 5.41. The fourth-order valence-corrected chi connectivity index (χ4v) is 1.36. The molecule has 0 amide bonds. The number of pyridine rings is 1. The van der Waals surface area contributed by atoms with Crippen molar-refractivity contribution < 1.29 is 9.13 Å². The van der Waals surface area contributed by atoms with Gasteiger partial charge in [-0.2, -0.15) is 0 Å². The Morgan fingerprint density at radius 3 is 2.88 bits per heavy atom. The van der Waals surface area contributed by atoms with Crippen molar-refractivity contribution in [3.05, 3.63) is 54.1 Å². The van der Waals surface area contributed by atoms with Crippen LogP contribution in [0, 0.1) is 5.82 Å². The van der Waals surface area contributed by atoms with Crippen molar-refractivity contribution in [3.63, 3.8) is 0 Å². The molecule has 5 heteroatoms. The molecule has 0 aliphatic rings. The summed E-state index contributed by atoms with van der Waals surface area (Å²) in [5.41, 5.74) is 3.91. The van der Waals surface area contributed by atoms with Gasteiger partial charge >= 0.3 is 0 Å². The molecule has 0 aliphatic heterocycles. The molecule has 0 saturated carbocycles. The van der Waals surface area contributed by atoms with E-state index >= 15 is 0 Å². The summed E-state index contributed by atoms with van der Waals surface area (Å²) in [5.74, 6) is 5.09. The number of hydrogen-bond donors (Lipinski definition) is 2. The van der Waals surface area contributed by atoms with Gasteiger partial charge in [0.05, 0.1) is 11.4 Å². The Balaban J connectivity index is 2.05. The second-order valence-electron chi connectivity index (χ2n) is 3.40. The minimum atomic E-state index is -0.388. The molecule has 2 aromatic rings. The average Bonchev–Trinajstić information content (AvgIpc) is 2.38. The highest BCUT2D eigenvalue weighted by Gasteiger charge is 2.02. The molecule has 0 radical (unpaired) electrons. The van der Waals surface area contributed by atoms with Gasteiger partial charge in [0.2, 0.25) is 0 Å². The molecule has 88 valence electrons. The number of halogens is 1. The molecule has 1 heterocycles. The van der Waals surface area contributed by atoms with Crippen LogP contribution < -0.4 is 16.0 Å². The second kappa shape index (κ2) is 5.27. The molecule has 1 aromatic heterocycles. The van der Waals surface area contributed by atoms with Crippen molar-refractivity contribution in [2.24, 2.45) is 5.84 Å². The van der Waals surface area contributed by atoms with Crippen LogP contribution in [0.2, 0.25) is 0 Å². The number of benzene rings is 1. The number of aromatic nitrogens is 1. The lowest BCUT2D eigenvalue weighted by atomic mass is 10.3. The maximum atomic E-state index is 13.3. The zero-order valence-electron chi connectivity index (χ0n) is 9.06. The highest BCUT2D eigenvalue weighted by atomic mass is 19.1. The maximum Gasteiger partial charge on any atom is 0.165 e. The molecule has 0 bridgehead atoms. The standard InChI is InChI=1S/C12H12FN3O/c13-11-3-1-2-4-12(11)17-8-10-7-9(16-14)5-6-15-10/h1-7H,8,14H2,(H,15,16). The third kappa shape index (κ3) is 2.92. The smallest absolute Gasteiger partial charge is 0.165 e. The molecule has 1 aromatic carbocycles. The van der Waals surface area contributed by atoms with Gasteiger partial charge in [0.25, 0.3) is 0 Å². The topological polar surface area (TPSA) is 60.2 Å². The predicted molar refractivity (Wildman–Crippen MR) is 62.8 cm³/mol.